The van der Waals surface area contributed by atoms with Crippen LogP contribution in [0, 0.1) is 12.7 Å². The van der Waals surface area contributed by atoms with Crippen molar-refractivity contribution in [3.8, 4) is 16.9 Å². The highest BCUT2D eigenvalue weighted by Gasteiger charge is 2.04. The van der Waals surface area contributed by atoms with Gasteiger partial charge in [0, 0.05) is 0 Å². The first-order chi connectivity index (χ1) is 7.70. The van der Waals surface area contributed by atoms with E-state index in [0.717, 1.165) is 11.1 Å². The number of ether oxygens (including phenoxy) is 1. The van der Waals surface area contributed by atoms with E-state index in [2.05, 4.69) is 0 Å². The molecule has 1 nitrogen and oxygen atoms in total. The van der Waals surface area contributed by atoms with E-state index in [1.807, 2.05) is 31.2 Å². The van der Waals surface area contributed by atoms with Crippen molar-refractivity contribution in [2.75, 3.05) is 7.11 Å². The van der Waals surface area contributed by atoms with Gasteiger partial charge in [0.15, 0.2) is 11.6 Å². The minimum absolute atomic E-state index is 0.276. The highest BCUT2D eigenvalue weighted by atomic mass is 19.1. The summed E-state index contributed by atoms with van der Waals surface area (Å²) in [6.07, 6.45) is 0. The zero-order valence-electron chi connectivity index (χ0n) is 9.33. The molecular formula is C14H13FO. The summed E-state index contributed by atoms with van der Waals surface area (Å²) >= 11 is 0. The minimum atomic E-state index is -0.335. The molecule has 0 bridgehead atoms. The van der Waals surface area contributed by atoms with Crippen LogP contribution in [0.1, 0.15) is 5.56 Å². The van der Waals surface area contributed by atoms with Gasteiger partial charge in [-0.1, -0.05) is 35.9 Å². The zero-order valence-corrected chi connectivity index (χ0v) is 9.33. The van der Waals surface area contributed by atoms with Crippen LogP contribution < -0.4 is 4.74 Å². The molecule has 0 aliphatic carbocycles. The van der Waals surface area contributed by atoms with Crippen LogP contribution in [0.25, 0.3) is 11.1 Å². The van der Waals surface area contributed by atoms with Crippen LogP contribution in [0.3, 0.4) is 0 Å². The molecule has 2 aromatic rings. The molecule has 0 unspecified atom stereocenters. The summed E-state index contributed by atoms with van der Waals surface area (Å²) in [6.45, 7) is 2.04. The van der Waals surface area contributed by atoms with Crippen molar-refractivity contribution >= 4 is 0 Å². The van der Waals surface area contributed by atoms with Crippen LogP contribution in [0.4, 0.5) is 4.39 Å². The largest absolute Gasteiger partial charge is 0.494 e. The predicted octanol–water partition coefficient (Wildman–Crippen LogP) is 3.81. The SMILES string of the molecule is COc1cc(-c2ccc(C)cc2)ccc1F. The van der Waals surface area contributed by atoms with Crippen LogP contribution in [0.15, 0.2) is 42.5 Å². The molecule has 0 N–H and O–H groups in total. The fourth-order valence-corrected chi connectivity index (χ4v) is 1.59. The molecule has 2 heteroatoms. The lowest BCUT2D eigenvalue weighted by molar-refractivity contribution is 0.387. The number of methoxy groups -OCH3 is 1. The molecule has 0 radical (unpaired) electrons. The van der Waals surface area contributed by atoms with Gasteiger partial charge >= 0.3 is 0 Å². The monoisotopic (exact) mass is 216 g/mol. The van der Waals surface area contributed by atoms with Crippen LogP contribution in [0.2, 0.25) is 0 Å². The Morgan fingerprint density at radius 3 is 2.19 bits per heavy atom. The van der Waals surface area contributed by atoms with Crippen LogP contribution >= 0.6 is 0 Å². The van der Waals surface area contributed by atoms with Gasteiger partial charge in [0.2, 0.25) is 0 Å². The smallest absolute Gasteiger partial charge is 0.165 e. The van der Waals surface area contributed by atoms with E-state index >= 15 is 0 Å². The lowest BCUT2D eigenvalue weighted by Crippen LogP contribution is -1.88. The Labute approximate surface area is 94.5 Å². The average molecular weight is 216 g/mol. The number of benzene rings is 2. The summed E-state index contributed by atoms with van der Waals surface area (Å²) in [4.78, 5) is 0. The standard InChI is InChI=1S/C14H13FO/c1-10-3-5-11(6-4-10)12-7-8-13(15)14(9-12)16-2/h3-9H,1-2H3. The van der Waals surface area contributed by atoms with E-state index in [4.69, 9.17) is 4.74 Å². The lowest BCUT2D eigenvalue weighted by atomic mass is 10.0. The van der Waals surface area contributed by atoms with Gasteiger partial charge in [-0.3, -0.25) is 0 Å². The fraction of sp³-hybridized carbons (Fsp3) is 0.143. The Hall–Kier alpha value is -1.83. The van der Waals surface area contributed by atoms with Gasteiger partial charge in [0.05, 0.1) is 7.11 Å². The highest BCUT2D eigenvalue weighted by molar-refractivity contribution is 5.65. The average Bonchev–Trinajstić information content (AvgIpc) is 2.31. The van der Waals surface area contributed by atoms with Gasteiger partial charge in [-0.25, -0.2) is 4.39 Å². The molecule has 82 valence electrons. The Kier molecular flexibility index (Phi) is 2.91. The lowest BCUT2D eigenvalue weighted by Gasteiger charge is -2.06. The van der Waals surface area contributed by atoms with Gasteiger partial charge in [-0.05, 0) is 30.2 Å². The third-order valence-corrected chi connectivity index (χ3v) is 2.54. The summed E-state index contributed by atoms with van der Waals surface area (Å²) in [7, 11) is 1.47. The van der Waals surface area contributed by atoms with Crippen molar-refractivity contribution < 1.29 is 9.13 Å². The second kappa shape index (κ2) is 4.35. The number of aryl methyl sites for hydroxylation is 1. The molecule has 0 spiro atoms. The second-order valence-corrected chi connectivity index (χ2v) is 3.72. The molecule has 0 saturated carbocycles. The van der Waals surface area contributed by atoms with Crippen molar-refractivity contribution in [1.82, 2.24) is 0 Å². The third kappa shape index (κ3) is 2.06. The van der Waals surface area contributed by atoms with E-state index in [1.165, 1.54) is 18.7 Å². The highest BCUT2D eigenvalue weighted by Crippen LogP contribution is 2.26. The number of rotatable bonds is 2. The molecule has 0 heterocycles. The van der Waals surface area contributed by atoms with Crippen molar-refractivity contribution in [3.05, 3.63) is 53.8 Å². The number of halogens is 1. The normalized spacial score (nSPS) is 10.2. The van der Waals surface area contributed by atoms with Gasteiger partial charge < -0.3 is 4.74 Å². The topological polar surface area (TPSA) is 9.23 Å². The Morgan fingerprint density at radius 2 is 1.56 bits per heavy atom. The molecule has 0 atom stereocenters. The van der Waals surface area contributed by atoms with E-state index in [1.54, 1.807) is 12.1 Å². The Morgan fingerprint density at radius 1 is 0.938 bits per heavy atom. The van der Waals surface area contributed by atoms with E-state index in [-0.39, 0.29) is 11.6 Å². The van der Waals surface area contributed by atoms with E-state index in [9.17, 15) is 4.39 Å². The van der Waals surface area contributed by atoms with Gasteiger partial charge in [-0.2, -0.15) is 0 Å². The third-order valence-electron chi connectivity index (χ3n) is 2.54. The molecule has 2 aromatic carbocycles. The molecule has 0 fully saturated rings. The molecule has 0 amide bonds. The second-order valence-electron chi connectivity index (χ2n) is 3.72. The molecule has 0 aliphatic heterocycles. The molecule has 2 rings (SSSR count). The summed E-state index contributed by atoms with van der Waals surface area (Å²) in [5, 5.41) is 0. The first-order valence-electron chi connectivity index (χ1n) is 5.11. The summed E-state index contributed by atoms with van der Waals surface area (Å²) < 4.78 is 18.2. The molecule has 16 heavy (non-hydrogen) atoms. The van der Waals surface area contributed by atoms with E-state index < -0.39 is 0 Å². The Balaban J connectivity index is 2.44. The van der Waals surface area contributed by atoms with Crippen molar-refractivity contribution in [3.63, 3.8) is 0 Å². The van der Waals surface area contributed by atoms with Gasteiger partial charge in [0.25, 0.3) is 0 Å². The first kappa shape index (κ1) is 10.7. The maximum absolute atomic E-state index is 13.2. The fourth-order valence-electron chi connectivity index (χ4n) is 1.59. The summed E-state index contributed by atoms with van der Waals surface area (Å²) in [5.41, 5.74) is 3.22. The predicted molar refractivity (Wildman–Crippen MR) is 63.1 cm³/mol. The van der Waals surface area contributed by atoms with Gasteiger partial charge in [0.1, 0.15) is 0 Å². The molecule has 0 aromatic heterocycles. The van der Waals surface area contributed by atoms with Crippen LogP contribution in [-0.2, 0) is 0 Å². The number of hydrogen-bond donors (Lipinski definition) is 0. The van der Waals surface area contributed by atoms with Crippen molar-refractivity contribution in [1.29, 1.82) is 0 Å². The zero-order chi connectivity index (χ0) is 11.5. The van der Waals surface area contributed by atoms with Crippen LogP contribution in [0.5, 0.6) is 5.75 Å². The quantitative estimate of drug-likeness (QED) is 0.741. The maximum atomic E-state index is 13.2. The van der Waals surface area contributed by atoms with E-state index in [0.29, 0.717) is 0 Å². The maximum Gasteiger partial charge on any atom is 0.165 e. The summed E-state index contributed by atoms with van der Waals surface area (Å²) in [5.74, 6) is -0.0589. The van der Waals surface area contributed by atoms with Crippen molar-refractivity contribution in [2.45, 2.75) is 6.92 Å². The molecular weight excluding hydrogens is 203 g/mol. The molecule has 0 saturated heterocycles. The number of hydrogen-bond acceptors (Lipinski definition) is 1. The Bertz CT molecular complexity index is 489. The molecule has 0 aliphatic rings. The van der Waals surface area contributed by atoms with Crippen molar-refractivity contribution in [2.24, 2.45) is 0 Å². The van der Waals surface area contributed by atoms with Gasteiger partial charge in [-0.15, -0.1) is 0 Å². The summed E-state index contributed by atoms with van der Waals surface area (Å²) in [6, 6.07) is 13.0. The minimum Gasteiger partial charge on any atom is -0.494 e. The van der Waals surface area contributed by atoms with Crippen LogP contribution in [-0.4, -0.2) is 7.11 Å². The first-order valence-corrected chi connectivity index (χ1v) is 5.11.